The number of aromatic nitrogens is 1. The van der Waals surface area contributed by atoms with Crippen molar-refractivity contribution in [3.05, 3.63) is 71.7 Å². The maximum absolute atomic E-state index is 14.0. The molecule has 0 N–H and O–H groups in total. The van der Waals surface area contributed by atoms with Gasteiger partial charge in [0.05, 0.1) is 16.5 Å². The van der Waals surface area contributed by atoms with Crippen molar-refractivity contribution < 1.29 is 35.6 Å². The smallest absolute Gasteiger partial charge is 0.317 e. The second-order valence-electron chi connectivity index (χ2n) is 8.14. The molecule has 6 nitrogen and oxygen atoms in total. The van der Waals surface area contributed by atoms with Gasteiger partial charge in [0.2, 0.25) is 0 Å². The Bertz CT molecular complexity index is 1370. The highest BCUT2D eigenvalue weighted by molar-refractivity contribution is 7.90. The van der Waals surface area contributed by atoms with Crippen LogP contribution in [0.2, 0.25) is 0 Å². The number of halogens is 4. The Hall–Kier alpha value is -3.47. The average Bonchev–Trinajstić information content (AvgIpc) is 3.09. The molecule has 0 saturated heterocycles. The van der Waals surface area contributed by atoms with E-state index in [1.54, 1.807) is 0 Å². The average molecular weight is 511 g/mol. The molecule has 0 unspecified atom stereocenters. The number of benzene rings is 2. The van der Waals surface area contributed by atoms with Gasteiger partial charge in [-0.05, 0) is 55.0 Å². The van der Waals surface area contributed by atoms with Gasteiger partial charge in [0.1, 0.15) is 5.82 Å². The lowest BCUT2D eigenvalue weighted by molar-refractivity contribution is -0.147. The molecule has 2 aromatic carbocycles. The normalized spacial score (nSPS) is 12.8. The molecule has 0 saturated carbocycles. The van der Waals surface area contributed by atoms with Crippen LogP contribution in [0.1, 0.15) is 25.1 Å². The number of nitrogens with zero attached hydrogens (tertiary/aromatic N) is 2. The lowest BCUT2D eigenvalue weighted by Crippen LogP contribution is -2.26. The molecule has 1 aromatic heterocycles. The van der Waals surface area contributed by atoms with Crippen LogP contribution in [0.15, 0.2) is 64.6 Å². The van der Waals surface area contributed by atoms with Gasteiger partial charge in [-0.25, -0.2) is 17.6 Å². The summed E-state index contributed by atoms with van der Waals surface area (Å²) >= 11 is 0. The van der Waals surface area contributed by atoms with Crippen LogP contribution in [-0.4, -0.2) is 37.1 Å². The quantitative estimate of drug-likeness (QED) is 0.191. The lowest BCUT2D eigenvalue weighted by Gasteiger charge is -2.14. The first kappa shape index (κ1) is 26.1. The van der Waals surface area contributed by atoms with E-state index in [9.17, 15) is 30.8 Å². The summed E-state index contributed by atoms with van der Waals surface area (Å²) in [4.78, 5) is 16.3. The van der Waals surface area contributed by atoms with Crippen molar-refractivity contribution >= 4 is 21.5 Å². The van der Waals surface area contributed by atoms with Gasteiger partial charge >= 0.3 is 12.1 Å². The van der Waals surface area contributed by atoms with E-state index in [4.69, 9.17) is 0 Å². The van der Waals surface area contributed by atoms with Crippen molar-refractivity contribution in [2.45, 2.75) is 31.8 Å². The van der Waals surface area contributed by atoms with Crippen LogP contribution in [0.25, 0.3) is 16.9 Å². The lowest BCUT2D eigenvalue weighted by atomic mass is 10.1. The summed E-state index contributed by atoms with van der Waals surface area (Å²) < 4.78 is 80.5. The summed E-state index contributed by atoms with van der Waals surface area (Å²) in [6.45, 7) is 4.33. The number of oxime groups is 1. The van der Waals surface area contributed by atoms with E-state index in [2.05, 4.69) is 9.99 Å². The second-order valence-corrected chi connectivity index (χ2v) is 10.2. The maximum atomic E-state index is 14.0. The third kappa shape index (κ3) is 5.79. The number of hydrogen-bond acceptors (Lipinski definition) is 5. The molecule has 35 heavy (non-hydrogen) atoms. The highest BCUT2D eigenvalue weighted by Crippen LogP contribution is 2.34. The summed E-state index contributed by atoms with van der Waals surface area (Å²) in [5, 5.41) is 3.14. The molecule has 0 aliphatic carbocycles. The molecule has 0 aliphatic heterocycles. The molecule has 0 bridgehead atoms. The van der Waals surface area contributed by atoms with Crippen LogP contribution >= 0.6 is 0 Å². The highest BCUT2D eigenvalue weighted by Gasteiger charge is 2.40. The zero-order chi connectivity index (χ0) is 26.1. The topological polar surface area (TPSA) is 77.7 Å². The number of rotatable bonds is 6. The van der Waals surface area contributed by atoms with Crippen LogP contribution in [0, 0.1) is 18.7 Å². The highest BCUT2D eigenvalue weighted by atomic mass is 32.2. The molecule has 3 aromatic rings. The Morgan fingerprint density at radius 1 is 1.03 bits per heavy atom. The molecular weight excluding hydrogens is 488 g/mol. The van der Waals surface area contributed by atoms with Gasteiger partial charge in [-0.15, -0.1) is 0 Å². The monoisotopic (exact) mass is 510 g/mol. The molecule has 0 aliphatic rings. The van der Waals surface area contributed by atoms with Gasteiger partial charge in [0.15, 0.2) is 15.5 Å². The van der Waals surface area contributed by atoms with Crippen LogP contribution in [0.3, 0.4) is 0 Å². The largest absolute Gasteiger partial charge is 0.437 e. The predicted octanol–water partition coefficient (Wildman–Crippen LogP) is 5.46. The van der Waals surface area contributed by atoms with Gasteiger partial charge in [0, 0.05) is 23.2 Å². The Kier molecular flexibility index (Phi) is 7.21. The zero-order valence-electron chi connectivity index (χ0n) is 19.2. The van der Waals surface area contributed by atoms with Crippen LogP contribution < -0.4 is 0 Å². The van der Waals surface area contributed by atoms with Crippen molar-refractivity contribution in [3.8, 4) is 16.9 Å². The third-order valence-corrected chi connectivity index (χ3v) is 6.26. The minimum Gasteiger partial charge on any atom is -0.317 e. The third-order valence-electron chi connectivity index (χ3n) is 5.13. The van der Waals surface area contributed by atoms with Gasteiger partial charge in [-0.1, -0.05) is 31.1 Å². The Labute approximate surface area is 199 Å². The standard InChI is InChI=1S/C24H22F4N2O4S/c1-14(2)23(31)34-29-22(24(26,27)28)20-13-21(16-5-11-19(12-6-16)35(4,32)33)30(15(20)3)18-9-7-17(25)8-10-18/h5-14H,1-4H3. The fraction of sp³-hybridized carbons (Fsp3) is 0.250. The fourth-order valence-corrected chi connectivity index (χ4v) is 3.93. The van der Waals surface area contributed by atoms with Crippen molar-refractivity contribution in [1.82, 2.24) is 4.57 Å². The maximum Gasteiger partial charge on any atom is 0.437 e. The Morgan fingerprint density at radius 2 is 1.60 bits per heavy atom. The molecular formula is C24H22F4N2O4S. The summed E-state index contributed by atoms with van der Waals surface area (Å²) in [5.41, 5.74) is -0.666. The first-order valence-electron chi connectivity index (χ1n) is 10.4. The molecule has 1 heterocycles. The minimum absolute atomic E-state index is 0.0382. The summed E-state index contributed by atoms with van der Waals surface area (Å²) in [6, 6.07) is 11.9. The van der Waals surface area contributed by atoms with Gasteiger partial charge in [-0.2, -0.15) is 13.2 Å². The number of sulfone groups is 1. The van der Waals surface area contributed by atoms with E-state index in [-0.39, 0.29) is 21.8 Å². The summed E-state index contributed by atoms with van der Waals surface area (Å²) in [7, 11) is -3.49. The van der Waals surface area contributed by atoms with Gasteiger partial charge in [0.25, 0.3) is 0 Å². The molecule has 0 fully saturated rings. The van der Waals surface area contributed by atoms with Crippen LogP contribution in [0.4, 0.5) is 17.6 Å². The molecule has 0 atom stereocenters. The van der Waals surface area contributed by atoms with Gasteiger partial charge < -0.3 is 9.40 Å². The van der Waals surface area contributed by atoms with E-state index < -0.39 is 39.4 Å². The van der Waals surface area contributed by atoms with E-state index in [0.29, 0.717) is 11.3 Å². The molecule has 0 amide bonds. The van der Waals surface area contributed by atoms with E-state index >= 15 is 0 Å². The molecule has 11 heteroatoms. The molecule has 3 rings (SSSR count). The van der Waals surface area contributed by atoms with Crippen molar-refractivity contribution in [3.63, 3.8) is 0 Å². The van der Waals surface area contributed by atoms with Crippen LogP contribution in [0.5, 0.6) is 0 Å². The first-order valence-corrected chi connectivity index (χ1v) is 12.2. The number of alkyl halides is 3. The number of carbonyl (C=O) groups excluding carboxylic acids is 1. The van der Waals surface area contributed by atoms with Crippen molar-refractivity contribution in [1.29, 1.82) is 0 Å². The summed E-state index contributed by atoms with van der Waals surface area (Å²) in [6.07, 6.45) is -3.93. The first-order chi connectivity index (χ1) is 16.2. The van der Waals surface area contributed by atoms with Crippen LogP contribution in [-0.2, 0) is 19.5 Å². The second kappa shape index (κ2) is 9.65. The number of carbonyl (C=O) groups is 1. The molecule has 186 valence electrons. The molecule has 0 spiro atoms. The fourth-order valence-electron chi connectivity index (χ4n) is 3.30. The number of hydrogen-bond donors (Lipinski definition) is 0. The van der Waals surface area contributed by atoms with Gasteiger partial charge in [-0.3, -0.25) is 0 Å². The van der Waals surface area contributed by atoms with E-state index in [0.717, 1.165) is 18.4 Å². The minimum atomic E-state index is -4.96. The van der Waals surface area contributed by atoms with Crippen molar-refractivity contribution in [2.75, 3.05) is 6.26 Å². The zero-order valence-corrected chi connectivity index (χ0v) is 20.0. The van der Waals surface area contributed by atoms with E-state index in [1.165, 1.54) is 67.8 Å². The molecule has 0 radical (unpaired) electrons. The van der Waals surface area contributed by atoms with Crippen molar-refractivity contribution in [2.24, 2.45) is 11.1 Å². The summed E-state index contributed by atoms with van der Waals surface area (Å²) in [5.74, 6) is -2.16. The SMILES string of the molecule is Cc1c(C(=NOC(=O)C(C)C)C(F)(F)F)cc(-c2ccc(S(C)(=O)=O)cc2)n1-c1ccc(F)cc1. The predicted molar refractivity (Wildman–Crippen MR) is 123 cm³/mol. The Morgan fingerprint density at radius 3 is 2.09 bits per heavy atom. The van der Waals surface area contributed by atoms with E-state index in [1.807, 2.05) is 0 Å². The Balaban J connectivity index is 2.26.